The van der Waals surface area contributed by atoms with Crippen LogP contribution in [0.2, 0.25) is 0 Å². The summed E-state index contributed by atoms with van der Waals surface area (Å²) in [6.07, 6.45) is -4.04. The Kier molecular flexibility index (Phi) is 5.98. The van der Waals surface area contributed by atoms with E-state index in [2.05, 4.69) is 5.32 Å². The molecule has 0 aliphatic heterocycles. The van der Waals surface area contributed by atoms with E-state index >= 15 is 0 Å². The zero-order chi connectivity index (χ0) is 18.6. The van der Waals surface area contributed by atoms with Crippen molar-refractivity contribution in [1.82, 2.24) is 5.32 Å². The average Bonchev–Trinajstić information content (AvgIpc) is 2.54. The summed E-state index contributed by atoms with van der Waals surface area (Å²) in [4.78, 5) is 22.3. The molecule has 0 aromatic heterocycles. The molecule has 0 saturated carbocycles. The number of alkyl halides is 3. The molecule has 2 aromatic rings. The fraction of sp³-hybridized carbons (Fsp3) is 0.188. The van der Waals surface area contributed by atoms with Crippen LogP contribution >= 0.6 is 22.6 Å². The highest BCUT2D eigenvalue weighted by molar-refractivity contribution is 14.1. The molecule has 0 saturated heterocycles. The first-order valence-electron chi connectivity index (χ1n) is 7.07. The van der Waals surface area contributed by atoms with Gasteiger partial charge in [0.1, 0.15) is 0 Å². The van der Waals surface area contributed by atoms with Gasteiger partial charge in [0, 0.05) is 22.2 Å². The van der Waals surface area contributed by atoms with E-state index in [0.29, 0.717) is 15.6 Å². The lowest BCUT2D eigenvalue weighted by molar-refractivity contribution is -0.384. The van der Waals surface area contributed by atoms with E-state index in [4.69, 9.17) is 0 Å². The fourth-order valence-electron chi connectivity index (χ4n) is 2.08. The summed E-state index contributed by atoms with van der Waals surface area (Å²) in [6, 6.07) is 8.65. The zero-order valence-corrected chi connectivity index (χ0v) is 14.8. The van der Waals surface area contributed by atoms with Crippen LogP contribution in [-0.2, 0) is 12.6 Å². The fourth-order valence-corrected chi connectivity index (χ4v) is 2.66. The lowest BCUT2D eigenvalue weighted by atomic mass is 10.1. The van der Waals surface area contributed by atoms with Gasteiger partial charge in [-0.05, 0) is 52.8 Å². The molecule has 0 bridgehead atoms. The van der Waals surface area contributed by atoms with Crippen molar-refractivity contribution < 1.29 is 22.9 Å². The van der Waals surface area contributed by atoms with Crippen LogP contribution in [0, 0.1) is 13.7 Å². The van der Waals surface area contributed by atoms with Crippen molar-refractivity contribution in [3.8, 4) is 0 Å². The lowest BCUT2D eigenvalue weighted by Gasteiger charge is -2.09. The Labute approximate surface area is 154 Å². The highest BCUT2D eigenvalue weighted by atomic mass is 127. The van der Waals surface area contributed by atoms with E-state index in [1.165, 1.54) is 30.3 Å². The second-order valence-electron chi connectivity index (χ2n) is 5.12. The largest absolute Gasteiger partial charge is 0.416 e. The van der Waals surface area contributed by atoms with Crippen LogP contribution in [0.15, 0.2) is 42.5 Å². The molecule has 0 radical (unpaired) electrons. The first-order chi connectivity index (χ1) is 11.7. The smallest absolute Gasteiger partial charge is 0.352 e. The summed E-state index contributed by atoms with van der Waals surface area (Å²) in [5, 5.41) is 13.4. The first kappa shape index (κ1) is 19.2. The summed E-state index contributed by atoms with van der Waals surface area (Å²) in [7, 11) is 0. The standard InChI is InChI=1S/C16H12F3IN2O3/c17-16(18,19)11-3-1-10(2-4-11)7-8-21-15(23)13-9-12(22(24)25)5-6-14(13)20/h1-6,9H,7-8H2,(H,21,23). The van der Waals surface area contributed by atoms with Crippen LogP contribution in [-0.4, -0.2) is 17.4 Å². The summed E-state index contributed by atoms with van der Waals surface area (Å²) >= 11 is 1.90. The van der Waals surface area contributed by atoms with Crippen LogP contribution < -0.4 is 5.32 Å². The number of nitrogens with zero attached hydrogens (tertiary/aromatic N) is 1. The molecular formula is C16H12F3IN2O3. The maximum atomic E-state index is 12.5. The monoisotopic (exact) mass is 464 g/mol. The molecule has 2 aromatic carbocycles. The topological polar surface area (TPSA) is 72.2 Å². The molecule has 2 rings (SSSR count). The molecule has 1 N–H and O–H groups in total. The SMILES string of the molecule is O=C(NCCc1ccc(C(F)(F)F)cc1)c1cc([N+](=O)[O-])ccc1I. The van der Waals surface area contributed by atoms with Crippen molar-refractivity contribution in [3.63, 3.8) is 0 Å². The predicted molar refractivity (Wildman–Crippen MR) is 93.3 cm³/mol. The number of carbonyl (C=O) groups is 1. The molecule has 9 heteroatoms. The van der Waals surface area contributed by atoms with Gasteiger partial charge < -0.3 is 5.32 Å². The van der Waals surface area contributed by atoms with Crippen molar-refractivity contribution in [3.05, 3.63) is 72.8 Å². The number of nitrogens with one attached hydrogen (secondary N) is 1. The Morgan fingerprint density at radius 2 is 1.80 bits per heavy atom. The minimum absolute atomic E-state index is 0.183. The van der Waals surface area contributed by atoms with Crippen LogP contribution in [0.3, 0.4) is 0 Å². The number of halogens is 4. The second-order valence-corrected chi connectivity index (χ2v) is 6.28. The van der Waals surface area contributed by atoms with Gasteiger partial charge in [0.05, 0.1) is 16.1 Å². The Balaban J connectivity index is 1.97. The molecule has 25 heavy (non-hydrogen) atoms. The van der Waals surface area contributed by atoms with Gasteiger partial charge in [0.2, 0.25) is 0 Å². The van der Waals surface area contributed by atoms with Crippen LogP contribution in [0.1, 0.15) is 21.5 Å². The van der Waals surface area contributed by atoms with E-state index in [0.717, 1.165) is 12.1 Å². The van der Waals surface area contributed by atoms with Gasteiger partial charge in [0.25, 0.3) is 11.6 Å². The van der Waals surface area contributed by atoms with E-state index < -0.39 is 22.6 Å². The van der Waals surface area contributed by atoms with Crippen molar-refractivity contribution in [2.75, 3.05) is 6.54 Å². The quantitative estimate of drug-likeness (QED) is 0.410. The van der Waals surface area contributed by atoms with Crippen molar-refractivity contribution in [1.29, 1.82) is 0 Å². The molecular weight excluding hydrogens is 452 g/mol. The minimum atomic E-state index is -4.38. The number of hydrogen-bond acceptors (Lipinski definition) is 3. The van der Waals surface area contributed by atoms with Crippen molar-refractivity contribution in [2.45, 2.75) is 12.6 Å². The molecule has 0 atom stereocenters. The number of hydrogen-bond donors (Lipinski definition) is 1. The molecule has 0 unspecified atom stereocenters. The third kappa shape index (κ3) is 5.15. The summed E-state index contributed by atoms with van der Waals surface area (Å²) in [5.74, 6) is -0.472. The number of benzene rings is 2. The lowest BCUT2D eigenvalue weighted by Crippen LogP contribution is -2.26. The second kappa shape index (κ2) is 7.81. The molecule has 0 spiro atoms. The summed E-state index contributed by atoms with van der Waals surface area (Å²) in [6.45, 7) is 0.197. The number of carbonyl (C=O) groups excluding carboxylic acids is 1. The Morgan fingerprint density at radius 1 is 1.16 bits per heavy atom. The number of nitro groups is 1. The van der Waals surface area contributed by atoms with Crippen molar-refractivity contribution >= 4 is 34.2 Å². The third-order valence-electron chi connectivity index (χ3n) is 3.39. The van der Waals surface area contributed by atoms with Gasteiger partial charge >= 0.3 is 6.18 Å². The van der Waals surface area contributed by atoms with Crippen LogP contribution in [0.25, 0.3) is 0 Å². The number of amides is 1. The first-order valence-corrected chi connectivity index (χ1v) is 8.14. The highest BCUT2D eigenvalue weighted by Gasteiger charge is 2.29. The highest BCUT2D eigenvalue weighted by Crippen LogP contribution is 2.29. The summed E-state index contributed by atoms with van der Waals surface area (Å²) < 4.78 is 38.0. The van der Waals surface area contributed by atoms with Gasteiger partial charge in [-0.25, -0.2) is 0 Å². The third-order valence-corrected chi connectivity index (χ3v) is 4.33. The maximum Gasteiger partial charge on any atom is 0.416 e. The van der Waals surface area contributed by atoms with E-state index in [9.17, 15) is 28.1 Å². The van der Waals surface area contributed by atoms with Gasteiger partial charge in [-0.1, -0.05) is 12.1 Å². The molecule has 0 aliphatic carbocycles. The Morgan fingerprint density at radius 3 is 2.36 bits per heavy atom. The maximum absolute atomic E-state index is 12.5. The van der Waals surface area contributed by atoms with Gasteiger partial charge in [-0.3, -0.25) is 14.9 Å². The normalized spacial score (nSPS) is 11.2. The number of rotatable bonds is 5. The number of non-ortho nitro benzene ring substituents is 1. The van der Waals surface area contributed by atoms with Crippen molar-refractivity contribution in [2.24, 2.45) is 0 Å². The molecule has 0 aliphatic rings. The van der Waals surface area contributed by atoms with E-state index in [1.807, 2.05) is 22.6 Å². The molecule has 1 amide bonds. The summed E-state index contributed by atoms with van der Waals surface area (Å²) in [5.41, 5.74) is -0.0935. The van der Waals surface area contributed by atoms with Crippen LogP contribution in [0.4, 0.5) is 18.9 Å². The predicted octanol–water partition coefficient (Wildman–Crippen LogP) is 4.19. The van der Waals surface area contributed by atoms with Gasteiger partial charge in [0.15, 0.2) is 0 Å². The molecule has 0 fully saturated rings. The molecule has 0 heterocycles. The molecule has 132 valence electrons. The van der Waals surface area contributed by atoms with Crippen LogP contribution in [0.5, 0.6) is 0 Å². The minimum Gasteiger partial charge on any atom is -0.352 e. The Bertz CT molecular complexity index is 792. The van der Waals surface area contributed by atoms with E-state index in [-0.39, 0.29) is 17.8 Å². The average molecular weight is 464 g/mol. The van der Waals surface area contributed by atoms with Gasteiger partial charge in [-0.15, -0.1) is 0 Å². The van der Waals surface area contributed by atoms with E-state index in [1.54, 1.807) is 0 Å². The Hall–Kier alpha value is -2.17. The van der Waals surface area contributed by atoms with Gasteiger partial charge in [-0.2, -0.15) is 13.2 Å². The zero-order valence-electron chi connectivity index (χ0n) is 12.6. The molecule has 5 nitrogen and oxygen atoms in total. The number of nitro benzene ring substituents is 1.